The van der Waals surface area contributed by atoms with Gasteiger partial charge in [-0.25, -0.2) is 0 Å². The Morgan fingerprint density at radius 1 is 0.926 bits per heavy atom. The maximum absolute atomic E-state index is 12.9. The van der Waals surface area contributed by atoms with Crippen LogP contribution in [0.1, 0.15) is 24.0 Å². The van der Waals surface area contributed by atoms with E-state index < -0.39 is 0 Å². The van der Waals surface area contributed by atoms with E-state index in [0.29, 0.717) is 5.91 Å². The average Bonchev–Trinajstić information content (AvgIpc) is 3.22. The molecular weight excluding hydrogens is 356 g/mol. The van der Waals surface area contributed by atoms with Crippen LogP contribution in [0.15, 0.2) is 41.4 Å². The maximum Gasteiger partial charge on any atom is 0.225 e. The molecule has 0 bridgehead atoms. The van der Waals surface area contributed by atoms with Gasteiger partial charge in [0.2, 0.25) is 5.91 Å². The van der Waals surface area contributed by atoms with Gasteiger partial charge in [0.05, 0.1) is 0 Å². The highest BCUT2D eigenvalue weighted by Gasteiger charge is 2.30. The van der Waals surface area contributed by atoms with Gasteiger partial charge in [0, 0.05) is 57.6 Å². The Labute approximate surface area is 165 Å². The molecular formula is C21H28N4OS. The van der Waals surface area contributed by atoms with Crippen molar-refractivity contribution in [3.8, 4) is 0 Å². The van der Waals surface area contributed by atoms with E-state index in [1.54, 1.807) is 11.3 Å². The predicted molar refractivity (Wildman–Crippen MR) is 108 cm³/mol. The van der Waals surface area contributed by atoms with Gasteiger partial charge in [0.1, 0.15) is 0 Å². The molecule has 0 aromatic carbocycles. The molecule has 1 amide bonds. The predicted octanol–water partition coefficient (Wildman–Crippen LogP) is 2.70. The largest absolute Gasteiger partial charge is 0.340 e. The molecule has 0 atom stereocenters. The molecule has 0 saturated carbocycles. The molecule has 2 fully saturated rings. The lowest BCUT2D eigenvalue weighted by molar-refractivity contribution is -0.139. The van der Waals surface area contributed by atoms with Gasteiger partial charge in [-0.1, -0.05) is 0 Å². The van der Waals surface area contributed by atoms with Gasteiger partial charge in [-0.05, 0) is 66.0 Å². The van der Waals surface area contributed by atoms with Crippen LogP contribution in [0.4, 0.5) is 0 Å². The fraction of sp³-hybridized carbons (Fsp3) is 0.524. The Morgan fingerprint density at radius 2 is 1.59 bits per heavy atom. The highest BCUT2D eigenvalue weighted by atomic mass is 32.1. The second kappa shape index (κ2) is 8.95. The van der Waals surface area contributed by atoms with Gasteiger partial charge in [-0.3, -0.25) is 19.6 Å². The van der Waals surface area contributed by atoms with Crippen LogP contribution in [-0.4, -0.2) is 64.9 Å². The van der Waals surface area contributed by atoms with Gasteiger partial charge in [-0.15, -0.1) is 0 Å². The minimum absolute atomic E-state index is 0.210. The van der Waals surface area contributed by atoms with Crippen molar-refractivity contribution in [3.63, 3.8) is 0 Å². The number of piperidine rings is 1. The van der Waals surface area contributed by atoms with Crippen LogP contribution in [-0.2, 0) is 17.9 Å². The highest BCUT2D eigenvalue weighted by molar-refractivity contribution is 7.07. The zero-order chi connectivity index (χ0) is 18.5. The number of thiophene rings is 1. The van der Waals surface area contributed by atoms with Gasteiger partial charge < -0.3 is 4.90 Å². The minimum atomic E-state index is 0.210. The van der Waals surface area contributed by atoms with Crippen LogP contribution in [0.25, 0.3) is 0 Å². The molecule has 6 heteroatoms. The van der Waals surface area contributed by atoms with Crippen LogP contribution >= 0.6 is 11.3 Å². The summed E-state index contributed by atoms with van der Waals surface area (Å²) in [7, 11) is 0. The van der Waals surface area contributed by atoms with Crippen molar-refractivity contribution in [1.29, 1.82) is 0 Å². The lowest BCUT2D eigenvalue weighted by atomic mass is 9.94. The summed E-state index contributed by atoms with van der Waals surface area (Å²) in [6, 6.07) is 6.35. The van der Waals surface area contributed by atoms with Crippen molar-refractivity contribution < 1.29 is 4.79 Å². The summed E-state index contributed by atoms with van der Waals surface area (Å²) in [5.41, 5.74) is 2.69. The lowest BCUT2D eigenvalue weighted by Gasteiger charge is -2.38. The third kappa shape index (κ3) is 4.94. The van der Waals surface area contributed by atoms with E-state index in [1.165, 1.54) is 11.1 Å². The number of rotatable bonds is 5. The smallest absolute Gasteiger partial charge is 0.225 e. The summed E-state index contributed by atoms with van der Waals surface area (Å²) in [5.74, 6) is 0.593. The Morgan fingerprint density at radius 3 is 2.26 bits per heavy atom. The highest BCUT2D eigenvalue weighted by Crippen LogP contribution is 2.22. The molecule has 2 aliphatic rings. The normalized spacial score (nSPS) is 20.1. The fourth-order valence-electron chi connectivity index (χ4n) is 4.11. The molecule has 4 heterocycles. The van der Waals surface area contributed by atoms with E-state index in [1.807, 2.05) is 12.4 Å². The summed E-state index contributed by atoms with van der Waals surface area (Å²) < 4.78 is 0. The molecule has 0 aliphatic carbocycles. The first-order valence-electron chi connectivity index (χ1n) is 9.91. The number of likely N-dealkylation sites (tertiary alicyclic amines) is 1. The van der Waals surface area contributed by atoms with E-state index >= 15 is 0 Å². The van der Waals surface area contributed by atoms with E-state index in [4.69, 9.17) is 0 Å². The summed E-state index contributed by atoms with van der Waals surface area (Å²) in [6.07, 6.45) is 5.67. The Bertz CT molecular complexity index is 705. The van der Waals surface area contributed by atoms with Crippen LogP contribution in [0.5, 0.6) is 0 Å². The molecule has 2 aromatic rings. The Kier molecular flexibility index (Phi) is 6.17. The van der Waals surface area contributed by atoms with E-state index in [-0.39, 0.29) is 5.92 Å². The van der Waals surface area contributed by atoms with E-state index in [9.17, 15) is 4.79 Å². The number of aromatic nitrogens is 1. The second-order valence-electron chi connectivity index (χ2n) is 7.64. The van der Waals surface area contributed by atoms with Crippen molar-refractivity contribution in [3.05, 3.63) is 52.5 Å². The second-order valence-corrected chi connectivity index (χ2v) is 8.42. The molecule has 0 N–H and O–H groups in total. The molecule has 0 radical (unpaired) electrons. The van der Waals surface area contributed by atoms with Gasteiger partial charge in [-0.2, -0.15) is 11.3 Å². The molecule has 0 spiro atoms. The fourth-order valence-corrected chi connectivity index (χ4v) is 4.77. The van der Waals surface area contributed by atoms with E-state index in [0.717, 1.165) is 65.2 Å². The zero-order valence-electron chi connectivity index (χ0n) is 15.8. The van der Waals surface area contributed by atoms with E-state index in [2.05, 4.69) is 48.6 Å². The van der Waals surface area contributed by atoms with Crippen LogP contribution in [0, 0.1) is 5.92 Å². The lowest BCUT2D eigenvalue weighted by Crippen LogP contribution is -2.51. The number of carbonyl (C=O) groups excluding carboxylic acids is 1. The number of amides is 1. The van der Waals surface area contributed by atoms with Crippen molar-refractivity contribution in [1.82, 2.24) is 19.7 Å². The molecule has 5 nitrogen and oxygen atoms in total. The van der Waals surface area contributed by atoms with Crippen molar-refractivity contribution >= 4 is 17.2 Å². The number of hydrogen-bond donors (Lipinski definition) is 0. The molecule has 27 heavy (non-hydrogen) atoms. The SMILES string of the molecule is O=C(C1CCN(Cc2ccncc2)CC1)N1CCN(Cc2ccsc2)CC1. The van der Waals surface area contributed by atoms with Crippen molar-refractivity contribution in [2.45, 2.75) is 25.9 Å². The third-order valence-electron chi connectivity index (χ3n) is 5.76. The third-order valence-corrected chi connectivity index (χ3v) is 6.49. The molecule has 144 valence electrons. The zero-order valence-corrected chi connectivity index (χ0v) is 16.6. The number of carbonyl (C=O) groups is 1. The molecule has 0 unspecified atom stereocenters. The molecule has 2 aliphatic heterocycles. The topological polar surface area (TPSA) is 39.7 Å². The summed E-state index contributed by atoms with van der Waals surface area (Å²) in [6.45, 7) is 7.72. The van der Waals surface area contributed by atoms with Crippen LogP contribution in [0.2, 0.25) is 0 Å². The standard InChI is InChI=1S/C21H28N4OS/c26-21(25-12-10-24(11-13-25)16-19-5-14-27-17-19)20-3-8-23(9-4-20)15-18-1-6-22-7-2-18/h1-2,5-7,14,17,20H,3-4,8-13,15-16H2. The summed E-state index contributed by atoms with van der Waals surface area (Å²) in [5, 5.41) is 4.35. The summed E-state index contributed by atoms with van der Waals surface area (Å²) >= 11 is 1.75. The van der Waals surface area contributed by atoms with Crippen LogP contribution < -0.4 is 0 Å². The van der Waals surface area contributed by atoms with Gasteiger partial charge >= 0.3 is 0 Å². The number of pyridine rings is 1. The number of nitrogens with zero attached hydrogens (tertiary/aromatic N) is 4. The van der Waals surface area contributed by atoms with Crippen molar-refractivity contribution in [2.75, 3.05) is 39.3 Å². The first kappa shape index (κ1) is 18.6. The monoisotopic (exact) mass is 384 g/mol. The first-order chi connectivity index (χ1) is 13.3. The average molecular weight is 385 g/mol. The van der Waals surface area contributed by atoms with Gasteiger partial charge in [0.25, 0.3) is 0 Å². The Balaban J connectivity index is 1.20. The van der Waals surface area contributed by atoms with Gasteiger partial charge in [0.15, 0.2) is 0 Å². The molecule has 4 rings (SSSR count). The van der Waals surface area contributed by atoms with Crippen molar-refractivity contribution in [2.24, 2.45) is 5.92 Å². The number of piperazine rings is 1. The Hall–Kier alpha value is -1.76. The quantitative estimate of drug-likeness (QED) is 0.795. The maximum atomic E-state index is 12.9. The minimum Gasteiger partial charge on any atom is -0.340 e. The summed E-state index contributed by atoms with van der Waals surface area (Å²) in [4.78, 5) is 24.0. The molecule has 2 saturated heterocycles. The van der Waals surface area contributed by atoms with Crippen LogP contribution in [0.3, 0.4) is 0 Å². The molecule has 2 aromatic heterocycles. The number of hydrogen-bond acceptors (Lipinski definition) is 5. The first-order valence-corrected chi connectivity index (χ1v) is 10.9.